The number of nitrogens with one attached hydrogen (secondary N) is 1. The molecule has 2 heterocycles. The van der Waals surface area contributed by atoms with Crippen molar-refractivity contribution in [3.05, 3.63) is 60.6 Å². The molecule has 4 nitrogen and oxygen atoms in total. The van der Waals surface area contributed by atoms with Crippen molar-refractivity contribution in [1.82, 2.24) is 14.8 Å². The fourth-order valence-electron chi connectivity index (χ4n) is 2.23. The third-order valence-corrected chi connectivity index (χ3v) is 3.30. The molecule has 0 amide bonds. The van der Waals surface area contributed by atoms with Crippen LogP contribution < -0.4 is 5.32 Å². The van der Waals surface area contributed by atoms with Crippen LogP contribution in [-0.4, -0.2) is 14.8 Å². The normalized spacial score (nSPS) is 10.7. The average molecular weight is 264 g/mol. The Bertz CT molecular complexity index is 758. The van der Waals surface area contributed by atoms with Gasteiger partial charge < -0.3 is 5.32 Å². The molecule has 0 unspecified atom stereocenters. The molecule has 0 fully saturated rings. The molecule has 0 aliphatic heterocycles. The Kier molecular flexibility index (Phi) is 3.21. The highest BCUT2D eigenvalue weighted by Gasteiger charge is 2.04. The molecule has 0 bridgehead atoms. The van der Waals surface area contributed by atoms with Gasteiger partial charge in [-0.1, -0.05) is 12.6 Å². The van der Waals surface area contributed by atoms with E-state index in [9.17, 15) is 0 Å². The molecule has 0 saturated carbocycles. The minimum Gasteiger partial charge on any atom is -0.380 e. The van der Waals surface area contributed by atoms with E-state index in [0.717, 1.165) is 28.7 Å². The minimum atomic E-state index is 0.723. The van der Waals surface area contributed by atoms with E-state index < -0.39 is 0 Å². The second-order valence-corrected chi connectivity index (χ2v) is 4.69. The third-order valence-electron chi connectivity index (χ3n) is 3.30. The second kappa shape index (κ2) is 5.17. The van der Waals surface area contributed by atoms with Crippen molar-refractivity contribution in [1.29, 1.82) is 0 Å². The first-order valence-electron chi connectivity index (χ1n) is 6.52. The highest BCUT2D eigenvalue weighted by atomic mass is 15.2. The lowest BCUT2D eigenvalue weighted by Crippen LogP contribution is -2.00. The standard InChI is InChI=1S/C16H16N4/c1-3-20-11-13(10-19-20)9-18-15-7-6-12(2)16-14(15)5-4-8-17-16/h3-8,10-11,18H,1,9H2,2H3. The van der Waals surface area contributed by atoms with Gasteiger partial charge in [-0.25, -0.2) is 4.68 Å². The third kappa shape index (κ3) is 2.28. The van der Waals surface area contributed by atoms with Crippen molar-refractivity contribution in [2.75, 3.05) is 5.32 Å². The molecule has 2 aromatic heterocycles. The highest BCUT2D eigenvalue weighted by Crippen LogP contribution is 2.24. The zero-order valence-corrected chi connectivity index (χ0v) is 11.4. The van der Waals surface area contributed by atoms with Crippen molar-refractivity contribution in [3.63, 3.8) is 0 Å². The van der Waals surface area contributed by atoms with Crippen molar-refractivity contribution >= 4 is 22.8 Å². The molecular weight excluding hydrogens is 248 g/mol. The molecule has 1 aromatic carbocycles. The fraction of sp³-hybridized carbons (Fsp3) is 0.125. The molecule has 4 heteroatoms. The number of benzene rings is 1. The van der Waals surface area contributed by atoms with Gasteiger partial charge in [-0.05, 0) is 30.7 Å². The van der Waals surface area contributed by atoms with Gasteiger partial charge in [0.15, 0.2) is 0 Å². The van der Waals surface area contributed by atoms with Gasteiger partial charge in [0, 0.05) is 41.8 Å². The van der Waals surface area contributed by atoms with Gasteiger partial charge in [-0.2, -0.15) is 5.10 Å². The molecule has 3 aromatic rings. The summed E-state index contributed by atoms with van der Waals surface area (Å²) < 4.78 is 1.70. The second-order valence-electron chi connectivity index (χ2n) is 4.69. The maximum absolute atomic E-state index is 4.44. The Hall–Kier alpha value is -2.62. The summed E-state index contributed by atoms with van der Waals surface area (Å²) in [7, 11) is 0. The van der Waals surface area contributed by atoms with Crippen LogP contribution in [-0.2, 0) is 6.54 Å². The highest BCUT2D eigenvalue weighted by molar-refractivity contribution is 5.93. The van der Waals surface area contributed by atoms with Crippen LogP contribution in [0.4, 0.5) is 5.69 Å². The average Bonchev–Trinajstić information content (AvgIpc) is 2.95. The molecular formula is C16H16N4. The first kappa shape index (κ1) is 12.4. The number of fused-ring (bicyclic) bond motifs is 1. The quantitative estimate of drug-likeness (QED) is 0.784. The van der Waals surface area contributed by atoms with Crippen LogP contribution in [0.15, 0.2) is 49.4 Å². The van der Waals surface area contributed by atoms with Crippen LogP contribution in [0.5, 0.6) is 0 Å². The lowest BCUT2D eigenvalue weighted by molar-refractivity contribution is 0.936. The van der Waals surface area contributed by atoms with Gasteiger partial charge in [0.2, 0.25) is 0 Å². The number of hydrogen-bond acceptors (Lipinski definition) is 3. The summed E-state index contributed by atoms with van der Waals surface area (Å²) in [6.45, 7) is 6.48. The van der Waals surface area contributed by atoms with Crippen LogP contribution in [0.25, 0.3) is 17.1 Å². The van der Waals surface area contributed by atoms with Gasteiger partial charge in [0.05, 0.1) is 11.7 Å². The number of rotatable bonds is 4. The number of aromatic nitrogens is 3. The molecule has 0 atom stereocenters. The van der Waals surface area contributed by atoms with E-state index in [0.29, 0.717) is 0 Å². The summed E-state index contributed by atoms with van der Waals surface area (Å²) in [5.74, 6) is 0. The van der Waals surface area contributed by atoms with Crippen LogP contribution in [0, 0.1) is 6.92 Å². The monoisotopic (exact) mass is 264 g/mol. The summed E-state index contributed by atoms with van der Waals surface area (Å²) in [4.78, 5) is 4.44. The van der Waals surface area contributed by atoms with E-state index in [2.05, 4.69) is 47.1 Å². The predicted octanol–water partition coefficient (Wildman–Crippen LogP) is 3.45. The maximum atomic E-state index is 4.44. The Balaban J connectivity index is 1.87. The SMILES string of the molecule is C=Cn1cc(CNc2ccc(C)c3ncccc23)cn1. The van der Waals surface area contributed by atoms with Crippen LogP contribution in [0.1, 0.15) is 11.1 Å². The largest absolute Gasteiger partial charge is 0.380 e. The van der Waals surface area contributed by atoms with Crippen LogP contribution in [0.2, 0.25) is 0 Å². The molecule has 0 radical (unpaired) electrons. The summed E-state index contributed by atoms with van der Waals surface area (Å²) in [5, 5.41) is 8.75. The van der Waals surface area contributed by atoms with Crippen LogP contribution >= 0.6 is 0 Å². The number of aryl methyl sites for hydroxylation is 1. The minimum absolute atomic E-state index is 0.723. The summed E-state index contributed by atoms with van der Waals surface area (Å²) in [6, 6.07) is 8.23. The van der Waals surface area contributed by atoms with Gasteiger partial charge in [-0.15, -0.1) is 0 Å². The maximum Gasteiger partial charge on any atom is 0.0751 e. The molecule has 0 spiro atoms. The molecule has 3 rings (SSSR count). The Morgan fingerprint density at radius 1 is 1.35 bits per heavy atom. The summed E-state index contributed by atoms with van der Waals surface area (Å²) in [5.41, 5.74) is 4.43. The van der Waals surface area contributed by atoms with Gasteiger partial charge in [-0.3, -0.25) is 4.98 Å². The number of pyridine rings is 1. The van der Waals surface area contributed by atoms with Crippen molar-refractivity contribution in [2.24, 2.45) is 0 Å². The molecule has 20 heavy (non-hydrogen) atoms. The van der Waals surface area contributed by atoms with Gasteiger partial charge in [0.1, 0.15) is 0 Å². The van der Waals surface area contributed by atoms with E-state index >= 15 is 0 Å². The van der Waals surface area contributed by atoms with Gasteiger partial charge in [0.25, 0.3) is 0 Å². The van der Waals surface area contributed by atoms with Crippen molar-refractivity contribution in [3.8, 4) is 0 Å². The van der Waals surface area contributed by atoms with Crippen molar-refractivity contribution < 1.29 is 0 Å². The van der Waals surface area contributed by atoms with Crippen LogP contribution in [0.3, 0.4) is 0 Å². The lowest BCUT2D eigenvalue weighted by atomic mass is 10.1. The van der Waals surface area contributed by atoms with Crippen molar-refractivity contribution in [2.45, 2.75) is 13.5 Å². The molecule has 0 aliphatic carbocycles. The fourth-order valence-corrected chi connectivity index (χ4v) is 2.23. The Morgan fingerprint density at radius 2 is 2.25 bits per heavy atom. The van der Waals surface area contributed by atoms with E-state index in [1.807, 2.05) is 24.7 Å². The first-order chi connectivity index (χ1) is 9.78. The molecule has 1 N–H and O–H groups in total. The number of nitrogens with zero attached hydrogens (tertiary/aromatic N) is 3. The number of hydrogen-bond donors (Lipinski definition) is 1. The van der Waals surface area contributed by atoms with E-state index in [-0.39, 0.29) is 0 Å². The van der Waals surface area contributed by atoms with E-state index in [1.165, 1.54) is 5.56 Å². The zero-order valence-electron chi connectivity index (χ0n) is 11.4. The predicted molar refractivity (Wildman–Crippen MR) is 82.4 cm³/mol. The lowest BCUT2D eigenvalue weighted by Gasteiger charge is -2.10. The summed E-state index contributed by atoms with van der Waals surface area (Å²) >= 11 is 0. The number of anilines is 1. The van der Waals surface area contributed by atoms with E-state index in [4.69, 9.17) is 0 Å². The molecule has 100 valence electrons. The molecule has 0 aliphatic rings. The Morgan fingerprint density at radius 3 is 3.05 bits per heavy atom. The molecule has 0 saturated heterocycles. The van der Waals surface area contributed by atoms with Gasteiger partial charge >= 0.3 is 0 Å². The van der Waals surface area contributed by atoms with E-state index in [1.54, 1.807) is 10.9 Å². The topological polar surface area (TPSA) is 42.7 Å². The smallest absolute Gasteiger partial charge is 0.0751 e. The zero-order chi connectivity index (χ0) is 13.9. The first-order valence-corrected chi connectivity index (χ1v) is 6.52. The Labute approximate surface area is 117 Å². The summed E-state index contributed by atoms with van der Waals surface area (Å²) in [6.07, 6.45) is 7.29.